The maximum absolute atomic E-state index is 6.28. The summed E-state index contributed by atoms with van der Waals surface area (Å²) in [5.74, 6) is 3.20. The van der Waals surface area contributed by atoms with E-state index in [0.29, 0.717) is 16.6 Å². The zero-order valence-electron chi connectivity index (χ0n) is 15.8. The quantitative estimate of drug-likeness (QED) is 0.535. The van der Waals surface area contributed by atoms with Crippen molar-refractivity contribution in [1.29, 1.82) is 0 Å². The first-order valence-corrected chi connectivity index (χ1v) is 11.4. The van der Waals surface area contributed by atoms with Gasteiger partial charge in [0.25, 0.3) is 0 Å². The van der Waals surface area contributed by atoms with E-state index in [2.05, 4.69) is 22.5 Å². The topological polar surface area (TPSA) is 48.9 Å². The molecule has 0 amide bonds. The van der Waals surface area contributed by atoms with Crippen molar-refractivity contribution in [2.75, 3.05) is 50.9 Å². The molecule has 2 heterocycles. The summed E-state index contributed by atoms with van der Waals surface area (Å²) in [6, 6.07) is 5.54. The van der Waals surface area contributed by atoms with Crippen LogP contribution in [0.15, 0.2) is 23.2 Å². The molecule has 3 rings (SSSR count). The van der Waals surface area contributed by atoms with Crippen LogP contribution in [0.4, 0.5) is 0 Å². The van der Waals surface area contributed by atoms with Crippen molar-refractivity contribution in [3.05, 3.63) is 33.8 Å². The Morgan fingerprint density at radius 3 is 2.78 bits per heavy atom. The van der Waals surface area contributed by atoms with Crippen molar-refractivity contribution >= 4 is 40.9 Å². The molecule has 0 saturated carbocycles. The van der Waals surface area contributed by atoms with Crippen molar-refractivity contribution in [3.63, 3.8) is 0 Å². The lowest BCUT2D eigenvalue weighted by Gasteiger charge is -2.43. The number of hydrogen-bond acceptors (Lipinski definition) is 4. The monoisotopic (exact) mass is 430 g/mol. The zero-order valence-corrected chi connectivity index (χ0v) is 18.1. The van der Waals surface area contributed by atoms with Gasteiger partial charge in [-0.2, -0.15) is 11.8 Å². The molecule has 0 bridgehead atoms. The summed E-state index contributed by atoms with van der Waals surface area (Å²) in [6.07, 6.45) is 1.20. The molecule has 27 heavy (non-hydrogen) atoms. The molecule has 0 aromatic heterocycles. The highest BCUT2D eigenvalue weighted by molar-refractivity contribution is 7.99. The van der Waals surface area contributed by atoms with Gasteiger partial charge in [0.15, 0.2) is 5.96 Å². The fourth-order valence-corrected chi connectivity index (χ4v) is 5.48. The van der Waals surface area contributed by atoms with E-state index in [1.165, 1.54) is 12.2 Å². The molecular weight excluding hydrogens is 403 g/mol. The SMILES string of the molecule is CCNC(=NCc1ccc(Cl)cc1Cl)NCC1(N2CCOCC2)CCSC1. The highest BCUT2D eigenvalue weighted by Gasteiger charge is 2.40. The lowest BCUT2D eigenvalue weighted by Crippen LogP contribution is -2.60. The normalized spacial score (nSPS) is 24.2. The minimum Gasteiger partial charge on any atom is -0.379 e. The van der Waals surface area contributed by atoms with Crippen LogP contribution in [0.3, 0.4) is 0 Å². The number of ether oxygens (including phenoxy) is 1. The van der Waals surface area contributed by atoms with Gasteiger partial charge in [0, 0.05) is 47.5 Å². The number of rotatable bonds is 6. The lowest BCUT2D eigenvalue weighted by atomic mass is 9.95. The lowest BCUT2D eigenvalue weighted by molar-refractivity contribution is -0.0120. The molecule has 0 spiro atoms. The number of aliphatic imine (C=N–C) groups is 1. The van der Waals surface area contributed by atoms with Gasteiger partial charge in [-0.15, -0.1) is 0 Å². The van der Waals surface area contributed by atoms with Gasteiger partial charge in [-0.1, -0.05) is 29.3 Å². The molecule has 2 N–H and O–H groups in total. The molecular formula is C19H28Cl2N4OS. The van der Waals surface area contributed by atoms with Crippen molar-refractivity contribution in [2.45, 2.75) is 25.4 Å². The summed E-state index contributed by atoms with van der Waals surface area (Å²) in [6.45, 7) is 7.98. The maximum Gasteiger partial charge on any atom is 0.191 e. The van der Waals surface area contributed by atoms with E-state index in [1.807, 2.05) is 23.9 Å². The van der Waals surface area contributed by atoms with Gasteiger partial charge in [-0.05, 0) is 36.8 Å². The molecule has 0 radical (unpaired) electrons. The van der Waals surface area contributed by atoms with Crippen LogP contribution in [0.5, 0.6) is 0 Å². The predicted octanol–water partition coefficient (Wildman–Crippen LogP) is 3.26. The number of halogens is 2. The van der Waals surface area contributed by atoms with Gasteiger partial charge >= 0.3 is 0 Å². The first-order valence-electron chi connectivity index (χ1n) is 9.50. The molecule has 2 saturated heterocycles. The van der Waals surface area contributed by atoms with Gasteiger partial charge in [-0.3, -0.25) is 4.90 Å². The fraction of sp³-hybridized carbons (Fsp3) is 0.632. The Morgan fingerprint density at radius 1 is 1.30 bits per heavy atom. The summed E-state index contributed by atoms with van der Waals surface area (Å²) in [7, 11) is 0. The summed E-state index contributed by atoms with van der Waals surface area (Å²) in [5, 5.41) is 8.22. The third-order valence-corrected chi connectivity index (χ3v) is 6.94. The first-order chi connectivity index (χ1) is 13.1. The van der Waals surface area contributed by atoms with Crippen molar-refractivity contribution in [1.82, 2.24) is 15.5 Å². The van der Waals surface area contributed by atoms with Crippen molar-refractivity contribution in [3.8, 4) is 0 Å². The fourth-order valence-electron chi connectivity index (χ4n) is 3.54. The smallest absolute Gasteiger partial charge is 0.191 e. The van der Waals surface area contributed by atoms with E-state index in [-0.39, 0.29) is 5.54 Å². The van der Waals surface area contributed by atoms with E-state index < -0.39 is 0 Å². The summed E-state index contributed by atoms with van der Waals surface area (Å²) < 4.78 is 5.55. The molecule has 1 unspecified atom stereocenters. The minimum atomic E-state index is 0.183. The van der Waals surface area contributed by atoms with E-state index in [0.717, 1.165) is 56.7 Å². The van der Waals surface area contributed by atoms with Gasteiger partial charge in [0.1, 0.15) is 0 Å². The Morgan fingerprint density at radius 2 is 2.11 bits per heavy atom. The molecule has 5 nitrogen and oxygen atoms in total. The first kappa shape index (κ1) is 21.1. The number of nitrogens with zero attached hydrogens (tertiary/aromatic N) is 2. The third kappa shape index (κ3) is 5.67. The maximum atomic E-state index is 6.28. The Labute approximate surface area is 176 Å². The molecule has 1 aromatic carbocycles. The second kappa shape index (κ2) is 10.2. The van der Waals surface area contributed by atoms with Crippen LogP contribution >= 0.6 is 35.0 Å². The zero-order chi connectivity index (χ0) is 19.1. The number of hydrogen-bond donors (Lipinski definition) is 2. The van der Waals surface area contributed by atoms with Crippen LogP contribution in [-0.2, 0) is 11.3 Å². The Hall–Kier alpha value is -0.660. The number of guanidine groups is 1. The average molecular weight is 431 g/mol. The highest BCUT2D eigenvalue weighted by atomic mass is 35.5. The van der Waals surface area contributed by atoms with Crippen LogP contribution in [0, 0.1) is 0 Å². The largest absolute Gasteiger partial charge is 0.379 e. The van der Waals surface area contributed by atoms with Gasteiger partial charge in [-0.25, -0.2) is 4.99 Å². The molecule has 8 heteroatoms. The highest BCUT2D eigenvalue weighted by Crippen LogP contribution is 2.33. The molecule has 1 aromatic rings. The van der Waals surface area contributed by atoms with Crippen molar-refractivity contribution in [2.24, 2.45) is 4.99 Å². The van der Waals surface area contributed by atoms with Crippen LogP contribution in [0.25, 0.3) is 0 Å². The van der Waals surface area contributed by atoms with Crippen LogP contribution < -0.4 is 10.6 Å². The van der Waals surface area contributed by atoms with Gasteiger partial charge in [0.2, 0.25) is 0 Å². The number of benzene rings is 1. The number of thioether (sulfide) groups is 1. The Kier molecular flexibility index (Phi) is 7.97. The van der Waals surface area contributed by atoms with Crippen LogP contribution in [0.2, 0.25) is 10.0 Å². The summed E-state index contributed by atoms with van der Waals surface area (Å²) in [5.41, 5.74) is 1.15. The summed E-state index contributed by atoms with van der Waals surface area (Å²) in [4.78, 5) is 7.33. The Bertz CT molecular complexity index is 647. The summed E-state index contributed by atoms with van der Waals surface area (Å²) >= 11 is 14.3. The van der Waals surface area contributed by atoms with E-state index in [4.69, 9.17) is 32.9 Å². The minimum absolute atomic E-state index is 0.183. The second-order valence-electron chi connectivity index (χ2n) is 6.91. The van der Waals surface area contributed by atoms with Crippen LogP contribution in [-0.4, -0.2) is 67.3 Å². The molecule has 2 fully saturated rings. The standard InChI is InChI=1S/C19H28Cl2N4OS/c1-2-22-18(23-12-15-3-4-16(20)11-17(15)21)24-13-19(5-10-27-14-19)25-6-8-26-9-7-25/h3-4,11H,2,5-10,12-14H2,1H3,(H2,22,23,24). The van der Waals surface area contributed by atoms with E-state index >= 15 is 0 Å². The molecule has 2 aliphatic rings. The third-order valence-electron chi connectivity index (χ3n) is 5.12. The number of nitrogens with one attached hydrogen (secondary N) is 2. The average Bonchev–Trinajstić information content (AvgIpc) is 3.16. The van der Waals surface area contributed by atoms with Crippen LogP contribution in [0.1, 0.15) is 18.9 Å². The molecule has 150 valence electrons. The van der Waals surface area contributed by atoms with Gasteiger partial charge < -0.3 is 15.4 Å². The molecule has 1 atom stereocenters. The second-order valence-corrected chi connectivity index (χ2v) is 8.86. The van der Waals surface area contributed by atoms with Crippen molar-refractivity contribution < 1.29 is 4.74 Å². The van der Waals surface area contributed by atoms with Gasteiger partial charge in [0.05, 0.1) is 19.8 Å². The van der Waals surface area contributed by atoms with E-state index in [1.54, 1.807) is 6.07 Å². The number of morpholine rings is 1. The molecule has 0 aliphatic carbocycles. The van der Waals surface area contributed by atoms with E-state index in [9.17, 15) is 0 Å². The molecule has 2 aliphatic heterocycles. The Balaban J connectivity index is 1.65. The predicted molar refractivity (Wildman–Crippen MR) is 116 cm³/mol.